The highest BCUT2D eigenvalue weighted by atomic mass is 32.1. The van der Waals surface area contributed by atoms with E-state index in [4.69, 9.17) is 0 Å². The van der Waals surface area contributed by atoms with Crippen LogP contribution in [0.4, 0.5) is 0 Å². The fraction of sp³-hybridized carbons (Fsp3) is 0.375. The van der Waals surface area contributed by atoms with Gasteiger partial charge >= 0.3 is 0 Å². The maximum absolute atomic E-state index is 2.32. The Balaban J connectivity index is 2.35. The van der Waals surface area contributed by atoms with Crippen LogP contribution in [0, 0.1) is 0 Å². The molecule has 0 atom stereocenters. The number of hydrogen-bond acceptors (Lipinski definition) is 1. The summed E-state index contributed by atoms with van der Waals surface area (Å²) in [4.78, 5) is 2.85. The number of rotatable bonds is 3. The van der Waals surface area contributed by atoms with Crippen LogP contribution in [-0.4, -0.2) is 0 Å². The third-order valence-electron chi connectivity index (χ3n) is 3.03. The van der Waals surface area contributed by atoms with Crippen molar-refractivity contribution in [2.45, 2.75) is 39.5 Å². The Labute approximate surface area is 108 Å². The van der Waals surface area contributed by atoms with Crippen molar-refractivity contribution in [1.29, 1.82) is 0 Å². The maximum atomic E-state index is 2.32. The van der Waals surface area contributed by atoms with E-state index in [1.807, 2.05) is 11.3 Å². The summed E-state index contributed by atoms with van der Waals surface area (Å²) in [7, 11) is 0. The molecule has 0 spiro atoms. The maximum Gasteiger partial charge on any atom is 0.0345 e. The van der Waals surface area contributed by atoms with Gasteiger partial charge in [0, 0.05) is 9.75 Å². The first-order valence-electron chi connectivity index (χ1n) is 6.28. The second-order valence-corrected chi connectivity index (χ2v) is 6.25. The lowest BCUT2D eigenvalue weighted by Crippen LogP contribution is -1.86. The van der Waals surface area contributed by atoms with Gasteiger partial charge in [-0.05, 0) is 35.1 Å². The summed E-state index contributed by atoms with van der Waals surface area (Å²) in [6.07, 6.45) is 0. The van der Waals surface area contributed by atoms with Gasteiger partial charge in [-0.25, -0.2) is 0 Å². The molecule has 2 aromatic rings. The van der Waals surface area contributed by atoms with Crippen LogP contribution in [0.25, 0.3) is 10.4 Å². The molecule has 1 aromatic heterocycles. The van der Waals surface area contributed by atoms with Crippen molar-refractivity contribution < 1.29 is 0 Å². The van der Waals surface area contributed by atoms with Gasteiger partial charge in [-0.2, -0.15) is 0 Å². The summed E-state index contributed by atoms with van der Waals surface area (Å²) in [6.45, 7) is 8.99. The standard InChI is InChI=1S/C16H20S/c1-11(2)13-6-5-7-14(10-13)16-9-8-15(17-16)12(3)4/h5-12H,1-4H3. The van der Waals surface area contributed by atoms with Gasteiger partial charge < -0.3 is 0 Å². The van der Waals surface area contributed by atoms with Crippen LogP contribution >= 0.6 is 11.3 Å². The highest BCUT2D eigenvalue weighted by Gasteiger charge is 2.07. The molecule has 90 valence electrons. The normalized spacial score (nSPS) is 11.4. The van der Waals surface area contributed by atoms with Crippen molar-refractivity contribution >= 4 is 11.3 Å². The number of thiophene rings is 1. The second-order valence-electron chi connectivity index (χ2n) is 5.14. The zero-order valence-corrected chi connectivity index (χ0v) is 11.8. The Kier molecular flexibility index (Phi) is 3.68. The predicted molar refractivity (Wildman–Crippen MR) is 77.9 cm³/mol. The van der Waals surface area contributed by atoms with Gasteiger partial charge in [0.25, 0.3) is 0 Å². The molecule has 0 aliphatic carbocycles. The van der Waals surface area contributed by atoms with Crippen molar-refractivity contribution in [2.75, 3.05) is 0 Å². The SMILES string of the molecule is CC(C)c1cccc(-c2ccc(C(C)C)s2)c1. The third kappa shape index (κ3) is 2.78. The van der Waals surface area contributed by atoms with Crippen molar-refractivity contribution in [1.82, 2.24) is 0 Å². The van der Waals surface area contributed by atoms with Crippen molar-refractivity contribution in [3.8, 4) is 10.4 Å². The zero-order chi connectivity index (χ0) is 12.4. The van der Waals surface area contributed by atoms with Gasteiger partial charge in [0.1, 0.15) is 0 Å². The molecule has 0 amide bonds. The Morgan fingerprint density at radius 1 is 0.882 bits per heavy atom. The molecule has 1 heterocycles. The van der Waals surface area contributed by atoms with E-state index in [9.17, 15) is 0 Å². The summed E-state index contributed by atoms with van der Waals surface area (Å²) >= 11 is 1.91. The van der Waals surface area contributed by atoms with E-state index in [1.54, 1.807) is 0 Å². The molecule has 0 radical (unpaired) electrons. The van der Waals surface area contributed by atoms with E-state index in [0.717, 1.165) is 0 Å². The Hall–Kier alpha value is -1.08. The van der Waals surface area contributed by atoms with Crippen LogP contribution in [0.15, 0.2) is 36.4 Å². The second kappa shape index (κ2) is 5.05. The minimum Gasteiger partial charge on any atom is -0.140 e. The topological polar surface area (TPSA) is 0 Å². The average Bonchev–Trinajstić information content (AvgIpc) is 2.78. The molecular weight excluding hydrogens is 224 g/mol. The largest absolute Gasteiger partial charge is 0.140 e. The molecule has 0 bridgehead atoms. The monoisotopic (exact) mass is 244 g/mol. The molecule has 0 N–H and O–H groups in total. The van der Waals surface area contributed by atoms with E-state index in [2.05, 4.69) is 64.1 Å². The summed E-state index contributed by atoms with van der Waals surface area (Å²) < 4.78 is 0. The lowest BCUT2D eigenvalue weighted by Gasteiger charge is -2.07. The molecule has 0 nitrogen and oxygen atoms in total. The smallest absolute Gasteiger partial charge is 0.0345 e. The molecule has 2 rings (SSSR count). The first kappa shape index (κ1) is 12.4. The molecule has 0 aliphatic heterocycles. The van der Waals surface area contributed by atoms with Crippen molar-refractivity contribution in [2.24, 2.45) is 0 Å². The quantitative estimate of drug-likeness (QED) is 0.653. The van der Waals surface area contributed by atoms with E-state index >= 15 is 0 Å². The van der Waals surface area contributed by atoms with E-state index in [1.165, 1.54) is 20.9 Å². The molecule has 1 heteroatoms. The Bertz CT molecular complexity index is 492. The van der Waals surface area contributed by atoms with Crippen LogP contribution in [0.5, 0.6) is 0 Å². The summed E-state index contributed by atoms with van der Waals surface area (Å²) in [6, 6.07) is 13.4. The van der Waals surface area contributed by atoms with Crippen LogP contribution in [0.1, 0.15) is 50.0 Å². The molecule has 17 heavy (non-hydrogen) atoms. The Morgan fingerprint density at radius 2 is 1.65 bits per heavy atom. The van der Waals surface area contributed by atoms with E-state index < -0.39 is 0 Å². The van der Waals surface area contributed by atoms with Gasteiger partial charge in [-0.15, -0.1) is 11.3 Å². The molecule has 1 aromatic carbocycles. The summed E-state index contributed by atoms with van der Waals surface area (Å²) in [5, 5.41) is 0. The van der Waals surface area contributed by atoms with Crippen LogP contribution in [0.3, 0.4) is 0 Å². The average molecular weight is 244 g/mol. The minimum atomic E-state index is 0.597. The van der Waals surface area contributed by atoms with Gasteiger partial charge in [0.2, 0.25) is 0 Å². The lowest BCUT2D eigenvalue weighted by atomic mass is 10.0. The molecule has 0 fully saturated rings. The highest BCUT2D eigenvalue weighted by molar-refractivity contribution is 7.15. The summed E-state index contributed by atoms with van der Waals surface area (Å²) in [5.41, 5.74) is 2.77. The van der Waals surface area contributed by atoms with Gasteiger partial charge in [0.15, 0.2) is 0 Å². The van der Waals surface area contributed by atoms with E-state index in [-0.39, 0.29) is 0 Å². The van der Waals surface area contributed by atoms with Crippen molar-refractivity contribution in [3.63, 3.8) is 0 Å². The zero-order valence-electron chi connectivity index (χ0n) is 11.0. The fourth-order valence-electron chi connectivity index (χ4n) is 1.87. The van der Waals surface area contributed by atoms with Gasteiger partial charge in [0.05, 0.1) is 0 Å². The Morgan fingerprint density at radius 3 is 2.24 bits per heavy atom. The molecule has 0 saturated carbocycles. The highest BCUT2D eigenvalue weighted by Crippen LogP contribution is 2.33. The summed E-state index contributed by atoms with van der Waals surface area (Å²) in [5.74, 6) is 1.22. The molecule has 0 saturated heterocycles. The minimum absolute atomic E-state index is 0.597. The lowest BCUT2D eigenvalue weighted by molar-refractivity contribution is 0.867. The van der Waals surface area contributed by atoms with E-state index in [0.29, 0.717) is 11.8 Å². The molecular formula is C16H20S. The third-order valence-corrected chi connectivity index (χ3v) is 4.47. The fourth-order valence-corrected chi connectivity index (χ4v) is 2.88. The predicted octanol–water partition coefficient (Wildman–Crippen LogP) is 5.66. The molecule has 0 aliphatic rings. The molecule has 0 unspecified atom stereocenters. The van der Waals surface area contributed by atoms with Gasteiger partial charge in [-0.3, -0.25) is 0 Å². The number of hydrogen-bond donors (Lipinski definition) is 0. The first-order chi connectivity index (χ1) is 8.08. The van der Waals surface area contributed by atoms with Crippen LogP contribution in [0.2, 0.25) is 0 Å². The first-order valence-corrected chi connectivity index (χ1v) is 7.09. The van der Waals surface area contributed by atoms with Crippen LogP contribution < -0.4 is 0 Å². The van der Waals surface area contributed by atoms with Crippen LogP contribution in [-0.2, 0) is 0 Å². The van der Waals surface area contributed by atoms with Gasteiger partial charge in [-0.1, -0.05) is 52.0 Å². The number of benzene rings is 1. The van der Waals surface area contributed by atoms with Crippen molar-refractivity contribution in [3.05, 3.63) is 46.8 Å².